The minimum absolute atomic E-state index is 0.0196. The van der Waals surface area contributed by atoms with Gasteiger partial charge in [0.25, 0.3) is 5.91 Å². The van der Waals surface area contributed by atoms with Crippen molar-refractivity contribution in [3.63, 3.8) is 0 Å². The predicted octanol–water partition coefficient (Wildman–Crippen LogP) is 1.69. The van der Waals surface area contributed by atoms with Crippen LogP contribution in [0, 0.1) is 18.3 Å². The Bertz CT molecular complexity index is 435. The van der Waals surface area contributed by atoms with Crippen LogP contribution in [0.4, 0.5) is 0 Å². The van der Waals surface area contributed by atoms with Gasteiger partial charge in [0.2, 0.25) is 0 Å². The van der Waals surface area contributed by atoms with Crippen LogP contribution < -0.4 is 0 Å². The molecule has 1 rings (SSSR count). The predicted molar refractivity (Wildman–Crippen MR) is 60.0 cm³/mol. The molecule has 1 N–H and O–H groups in total. The van der Waals surface area contributed by atoms with Crippen LogP contribution in [0.5, 0.6) is 5.75 Å². The zero-order valence-corrected chi connectivity index (χ0v) is 9.40. The molecule has 4 heteroatoms. The minimum Gasteiger partial charge on any atom is -0.507 e. The molecule has 0 aromatic heterocycles. The molecule has 1 amide bonds. The van der Waals surface area contributed by atoms with Crippen molar-refractivity contribution in [3.8, 4) is 11.8 Å². The molecule has 0 bridgehead atoms. The molecule has 4 nitrogen and oxygen atoms in total. The monoisotopic (exact) mass is 218 g/mol. The summed E-state index contributed by atoms with van der Waals surface area (Å²) in [6, 6.07) is 6.88. The highest BCUT2D eigenvalue weighted by molar-refractivity contribution is 5.96. The maximum absolute atomic E-state index is 11.8. The maximum Gasteiger partial charge on any atom is 0.257 e. The molecule has 0 saturated heterocycles. The van der Waals surface area contributed by atoms with E-state index < -0.39 is 0 Å². The van der Waals surface area contributed by atoms with E-state index in [9.17, 15) is 9.90 Å². The first kappa shape index (κ1) is 12.1. The van der Waals surface area contributed by atoms with Gasteiger partial charge in [0.05, 0.1) is 18.1 Å². The Morgan fingerprint density at radius 2 is 2.25 bits per heavy atom. The van der Waals surface area contributed by atoms with Gasteiger partial charge in [-0.15, -0.1) is 0 Å². The molecule has 0 aliphatic carbocycles. The third kappa shape index (κ3) is 2.74. The van der Waals surface area contributed by atoms with Crippen molar-refractivity contribution < 1.29 is 9.90 Å². The molecule has 0 saturated carbocycles. The fraction of sp³-hybridized carbons (Fsp3) is 0.333. The molecule has 0 unspecified atom stereocenters. The van der Waals surface area contributed by atoms with Crippen LogP contribution in [0.3, 0.4) is 0 Å². The number of amides is 1. The number of hydrogen-bond donors (Lipinski definition) is 1. The third-order valence-corrected chi connectivity index (χ3v) is 2.29. The molecule has 0 atom stereocenters. The number of nitriles is 1. The Labute approximate surface area is 94.7 Å². The second kappa shape index (κ2) is 5.17. The van der Waals surface area contributed by atoms with E-state index in [1.165, 1.54) is 4.90 Å². The topological polar surface area (TPSA) is 64.3 Å². The first-order valence-corrected chi connectivity index (χ1v) is 4.98. The summed E-state index contributed by atoms with van der Waals surface area (Å²) in [4.78, 5) is 13.3. The average molecular weight is 218 g/mol. The zero-order valence-electron chi connectivity index (χ0n) is 9.40. The van der Waals surface area contributed by atoms with Crippen LogP contribution in [-0.4, -0.2) is 29.5 Å². The first-order chi connectivity index (χ1) is 7.56. The number of aromatic hydroxyl groups is 1. The largest absolute Gasteiger partial charge is 0.507 e. The van der Waals surface area contributed by atoms with Gasteiger partial charge in [-0.05, 0) is 24.6 Å². The standard InChI is InChI=1S/C12H14N2O2/c1-9-4-5-10(11(15)8-9)12(16)14(2)7-3-6-13/h4-5,8,15H,3,7H2,1-2H3. The minimum atomic E-state index is -0.271. The van der Waals surface area contributed by atoms with Crippen LogP contribution >= 0.6 is 0 Å². The van der Waals surface area contributed by atoms with E-state index in [1.807, 2.05) is 13.0 Å². The Morgan fingerprint density at radius 1 is 1.56 bits per heavy atom. The lowest BCUT2D eigenvalue weighted by atomic mass is 10.1. The van der Waals surface area contributed by atoms with Gasteiger partial charge >= 0.3 is 0 Å². The van der Waals surface area contributed by atoms with Gasteiger partial charge in [-0.1, -0.05) is 6.07 Å². The second-order valence-corrected chi connectivity index (χ2v) is 3.66. The summed E-state index contributed by atoms with van der Waals surface area (Å²) in [5.74, 6) is -0.290. The van der Waals surface area contributed by atoms with Crippen LogP contribution in [-0.2, 0) is 0 Å². The van der Waals surface area contributed by atoms with Crippen molar-refractivity contribution in [2.75, 3.05) is 13.6 Å². The van der Waals surface area contributed by atoms with E-state index in [1.54, 1.807) is 25.2 Å². The zero-order chi connectivity index (χ0) is 12.1. The molecule has 0 aliphatic rings. The summed E-state index contributed by atoms with van der Waals surface area (Å²) >= 11 is 0. The number of hydrogen-bond acceptors (Lipinski definition) is 3. The number of rotatable bonds is 3. The van der Waals surface area contributed by atoms with E-state index >= 15 is 0 Å². The number of carbonyl (C=O) groups excluding carboxylic acids is 1. The van der Waals surface area contributed by atoms with Crippen LogP contribution in [0.1, 0.15) is 22.3 Å². The highest BCUT2D eigenvalue weighted by Crippen LogP contribution is 2.19. The Balaban J connectivity index is 2.84. The quantitative estimate of drug-likeness (QED) is 0.839. The fourth-order valence-electron chi connectivity index (χ4n) is 1.35. The SMILES string of the molecule is Cc1ccc(C(=O)N(C)CCC#N)c(O)c1. The van der Waals surface area contributed by atoms with Crippen molar-refractivity contribution >= 4 is 5.91 Å². The average Bonchev–Trinajstić information content (AvgIpc) is 2.25. The summed E-state index contributed by atoms with van der Waals surface area (Å²) in [5.41, 5.74) is 1.17. The number of phenols is 1. The molecule has 1 aromatic carbocycles. The highest BCUT2D eigenvalue weighted by Gasteiger charge is 2.15. The maximum atomic E-state index is 11.8. The summed E-state index contributed by atoms with van der Waals surface area (Å²) in [6.07, 6.45) is 0.287. The van der Waals surface area contributed by atoms with Crippen LogP contribution in [0.15, 0.2) is 18.2 Å². The molecule has 0 fully saturated rings. The third-order valence-electron chi connectivity index (χ3n) is 2.29. The number of nitrogens with zero attached hydrogens (tertiary/aromatic N) is 2. The summed E-state index contributed by atoms with van der Waals surface area (Å²) in [7, 11) is 1.61. The number of phenolic OH excluding ortho intramolecular Hbond substituents is 1. The Morgan fingerprint density at radius 3 is 2.81 bits per heavy atom. The normalized spacial score (nSPS) is 9.56. The van der Waals surface area contributed by atoms with E-state index in [2.05, 4.69) is 0 Å². The lowest BCUT2D eigenvalue weighted by molar-refractivity contribution is 0.0795. The van der Waals surface area contributed by atoms with Gasteiger partial charge in [-0.2, -0.15) is 5.26 Å². The number of carbonyl (C=O) groups is 1. The van der Waals surface area contributed by atoms with Gasteiger partial charge in [0.15, 0.2) is 0 Å². The van der Waals surface area contributed by atoms with Crippen LogP contribution in [0.2, 0.25) is 0 Å². The highest BCUT2D eigenvalue weighted by atomic mass is 16.3. The molecular formula is C12H14N2O2. The molecule has 1 aromatic rings. The van der Waals surface area contributed by atoms with Crippen molar-refractivity contribution in [3.05, 3.63) is 29.3 Å². The van der Waals surface area contributed by atoms with Crippen molar-refractivity contribution in [2.45, 2.75) is 13.3 Å². The molecule has 0 aliphatic heterocycles. The number of aryl methyl sites for hydroxylation is 1. The lowest BCUT2D eigenvalue weighted by Crippen LogP contribution is -2.27. The van der Waals surface area contributed by atoms with Gasteiger partial charge in [0.1, 0.15) is 5.75 Å². The summed E-state index contributed by atoms with van der Waals surface area (Å²) in [6.45, 7) is 2.20. The van der Waals surface area contributed by atoms with Crippen molar-refractivity contribution in [1.29, 1.82) is 5.26 Å². The molecule has 84 valence electrons. The number of benzene rings is 1. The van der Waals surface area contributed by atoms with Gasteiger partial charge in [0, 0.05) is 13.6 Å². The Hall–Kier alpha value is -2.02. The summed E-state index contributed by atoms with van der Waals surface area (Å²) in [5, 5.41) is 18.0. The van der Waals surface area contributed by atoms with E-state index in [-0.39, 0.29) is 23.6 Å². The van der Waals surface area contributed by atoms with Crippen molar-refractivity contribution in [2.24, 2.45) is 0 Å². The lowest BCUT2D eigenvalue weighted by Gasteiger charge is -2.16. The van der Waals surface area contributed by atoms with E-state index in [4.69, 9.17) is 5.26 Å². The molecule has 0 heterocycles. The van der Waals surface area contributed by atoms with E-state index in [0.29, 0.717) is 6.54 Å². The fourth-order valence-corrected chi connectivity index (χ4v) is 1.35. The van der Waals surface area contributed by atoms with Gasteiger partial charge in [-0.25, -0.2) is 0 Å². The molecular weight excluding hydrogens is 204 g/mol. The first-order valence-electron chi connectivity index (χ1n) is 4.98. The van der Waals surface area contributed by atoms with Crippen molar-refractivity contribution in [1.82, 2.24) is 4.90 Å². The van der Waals surface area contributed by atoms with Gasteiger partial charge < -0.3 is 10.0 Å². The van der Waals surface area contributed by atoms with Gasteiger partial charge in [-0.3, -0.25) is 4.79 Å². The smallest absolute Gasteiger partial charge is 0.257 e. The molecule has 0 radical (unpaired) electrons. The molecule has 16 heavy (non-hydrogen) atoms. The van der Waals surface area contributed by atoms with Crippen LogP contribution in [0.25, 0.3) is 0 Å². The van der Waals surface area contributed by atoms with E-state index in [0.717, 1.165) is 5.56 Å². The Kier molecular flexibility index (Phi) is 3.90. The summed E-state index contributed by atoms with van der Waals surface area (Å²) < 4.78 is 0. The second-order valence-electron chi connectivity index (χ2n) is 3.66. The molecule has 0 spiro atoms.